The summed E-state index contributed by atoms with van der Waals surface area (Å²) in [6.07, 6.45) is 0. The molecule has 1 fully saturated rings. The van der Waals surface area contributed by atoms with Crippen molar-refractivity contribution in [3.8, 4) is 0 Å². The molecule has 2 aliphatic rings. The van der Waals surface area contributed by atoms with Crippen LogP contribution < -0.4 is 4.90 Å². The lowest BCUT2D eigenvalue weighted by molar-refractivity contribution is -0.122. The lowest BCUT2D eigenvalue weighted by Crippen LogP contribution is -2.37. The molecule has 18 heavy (non-hydrogen) atoms. The fraction of sp³-hybridized carbons (Fsp3) is 0.333. The third-order valence-corrected chi connectivity index (χ3v) is 3.71. The van der Waals surface area contributed by atoms with Crippen molar-refractivity contribution in [3.63, 3.8) is 0 Å². The largest absolute Gasteiger partial charge is 0.274 e. The number of imide groups is 1. The third kappa shape index (κ3) is 1.34. The molecule has 3 rings (SSSR count). The highest BCUT2D eigenvalue weighted by molar-refractivity contribution is 6.31. The lowest BCUT2D eigenvalue weighted by atomic mass is 9.90. The SMILES string of the molecule is C[C@@]12N=NC[C@@H]1C(=O)N(c1ccc(Cl)cc1)C2=O. The van der Waals surface area contributed by atoms with Gasteiger partial charge >= 0.3 is 0 Å². The van der Waals surface area contributed by atoms with Gasteiger partial charge in [-0.25, -0.2) is 4.90 Å². The molecule has 0 aliphatic carbocycles. The summed E-state index contributed by atoms with van der Waals surface area (Å²) in [5.41, 5.74) is -0.503. The van der Waals surface area contributed by atoms with E-state index in [9.17, 15) is 9.59 Å². The van der Waals surface area contributed by atoms with Crippen LogP contribution in [-0.4, -0.2) is 23.9 Å². The molecule has 0 N–H and O–H groups in total. The quantitative estimate of drug-likeness (QED) is 0.728. The smallest absolute Gasteiger partial charge is 0.264 e. The molecule has 0 saturated carbocycles. The maximum atomic E-state index is 12.3. The van der Waals surface area contributed by atoms with Crippen LogP contribution in [0.25, 0.3) is 0 Å². The molecule has 2 atom stereocenters. The molecule has 0 aromatic heterocycles. The summed E-state index contributed by atoms with van der Waals surface area (Å²) in [6.45, 7) is 1.94. The summed E-state index contributed by atoms with van der Waals surface area (Å²) in [7, 11) is 0. The van der Waals surface area contributed by atoms with Crippen LogP contribution in [0.15, 0.2) is 34.5 Å². The molecule has 2 heterocycles. The molecule has 1 aromatic carbocycles. The number of carbonyl (C=O) groups excluding carboxylic acids is 2. The zero-order valence-electron chi connectivity index (χ0n) is 9.63. The van der Waals surface area contributed by atoms with E-state index < -0.39 is 11.5 Å². The number of hydrogen-bond donors (Lipinski definition) is 0. The molecule has 2 amide bonds. The van der Waals surface area contributed by atoms with Gasteiger partial charge in [0.1, 0.15) is 0 Å². The van der Waals surface area contributed by atoms with Crippen LogP contribution in [0.4, 0.5) is 5.69 Å². The van der Waals surface area contributed by atoms with E-state index in [2.05, 4.69) is 10.2 Å². The highest BCUT2D eigenvalue weighted by Gasteiger charge is 2.59. The van der Waals surface area contributed by atoms with E-state index in [0.717, 1.165) is 0 Å². The molecule has 92 valence electrons. The zero-order chi connectivity index (χ0) is 12.9. The Labute approximate surface area is 108 Å². The van der Waals surface area contributed by atoms with E-state index in [-0.39, 0.29) is 18.4 Å². The Balaban J connectivity index is 2.04. The summed E-state index contributed by atoms with van der Waals surface area (Å²) >= 11 is 5.79. The van der Waals surface area contributed by atoms with Gasteiger partial charge in [0.2, 0.25) is 5.91 Å². The minimum atomic E-state index is -1.03. The normalized spacial score (nSPS) is 30.1. The summed E-state index contributed by atoms with van der Waals surface area (Å²) < 4.78 is 0. The summed E-state index contributed by atoms with van der Waals surface area (Å²) in [5, 5.41) is 8.32. The van der Waals surface area contributed by atoms with Gasteiger partial charge in [-0.15, -0.1) is 0 Å². The van der Waals surface area contributed by atoms with Gasteiger partial charge < -0.3 is 0 Å². The summed E-state index contributed by atoms with van der Waals surface area (Å²) in [4.78, 5) is 25.7. The van der Waals surface area contributed by atoms with Crippen LogP contribution >= 0.6 is 11.6 Å². The van der Waals surface area contributed by atoms with Gasteiger partial charge in [0, 0.05) is 5.02 Å². The number of carbonyl (C=O) groups is 2. The zero-order valence-corrected chi connectivity index (χ0v) is 10.4. The van der Waals surface area contributed by atoms with E-state index >= 15 is 0 Å². The van der Waals surface area contributed by atoms with Crippen molar-refractivity contribution in [2.24, 2.45) is 16.1 Å². The fourth-order valence-electron chi connectivity index (χ4n) is 2.34. The van der Waals surface area contributed by atoms with Gasteiger partial charge in [-0.1, -0.05) is 11.6 Å². The van der Waals surface area contributed by atoms with Crippen molar-refractivity contribution in [2.45, 2.75) is 12.5 Å². The number of halogens is 1. The first kappa shape index (κ1) is 11.3. The van der Waals surface area contributed by atoms with Crippen LogP contribution in [0.2, 0.25) is 5.02 Å². The van der Waals surface area contributed by atoms with E-state index in [1.165, 1.54) is 4.90 Å². The Kier molecular flexibility index (Phi) is 2.28. The molecule has 0 unspecified atom stereocenters. The van der Waals surface area contributed by atoms with Gasteiger partial charge in [0.15, 0.2) is 5.54 Å². The van der Waals surface area contributed by atoms with E-state index in [1.807, 2.05) is 0 Å². The lowest BCUT2D eigenvalue weighted by Gasteiger charge is -2.16. The van der Waals surface area contributed by atoms with Crippen molar-refractivity contribution in [1.82, 2.24) is 0 Å². The number of benzene rings is 1. The van der Waals surface area contributed by atoms with Crippen LogP contribution in [0.5, 0.6) is 0 Å². The Morgan fingerprint density at radius 1 is 1.33 bits per heavy atom. The Morgan fingerprint density at radius 3 is 2.61 bits per heavy atom. The Bertz CT molecular complexity index is 569. The molecular weight excluding hydrogens is 254 g/mol. The standard InChI is InChI=1S/C12H10ClN3O2/c1-12-9(6-14-15-12)10(17)16(11(12)18)8-4-2-7(13)3-5-8/h2-5,9H,6H2,1H3/t9-,12-/m1/s1. The van der Waals surface area contributed by atoms with Crippen LogP contribution in [0.1, 0.15) is 6.92 Å². The summed E-state index contributed by atoms with van der Waals surface area (Å²) in [5.74, 6) is -1.03. The van der Waals surface area contributed by atoms with E-state index in [1.54, 1.807) is 31.2 Å². The average Bonchev–Trinajstić information content (AvgIpc) is 2.81. The van der Waals surface area contributed by atoms with Crippen LogP contribution in [-0.2, 0) is 9.59 Å². The van der Waals surface area contributed by atoms with Gasteiger partial charge in [0.25, 0.3) is 5.91 Å². The highest BCUT2D eigenvalue weighted by Crippen LogP contribution is 2.40. The van der Waals surface area contributed by atoms with Gasteiger partial charge in [0.05, 0.1) is 18.2 Å². The van der Waals surface area contributed by atoms with Crippen LogP contribution in [0, 0.1) is 5.92 Å². The molecule has 1 saturated heterocycles. The van der Waals surface area contributed by atoms with Crippen molar-refractivity contribution < 1.29 is 9.59 Å². The predicted molar refractivity (Wildman–Crippen MR) is 65.6 cm³/mol. The van der Waals surface area contributed by atoms with E-state index in [4.69, 9.17) is 11.6 Å². The number of nitrogens with zero attached hydrogens (tertiary/aromatic N) is 3. The molecule has 0 radical (unpaired) electrons. The Hall–Kier alpha value is -1.75. The second-order valence-corrected chi connectivity index (χ2v) is 5.02. The minimum Gasteiger partial charge on any atom is -0.274 e. The fourth-order valence-corrected chi connectivity index (χ4v) is 2.47. The molecule has 2 aliphatic heterocycles. The molecular formula is C12H10ClN3O2. The topological polar surface area (TPSA) is 62.1 Å². The maximum absolute atomic E-state index is 12.3. The van der Waals surface area contributed by atoms with E-state index in [0.29, 0.717) is 10.7 Å². The van der Waals surface area contributed by atoms with Gasteiger partial charge in [-0.05, 0) is 31.2 Å². The first-order chi connectivity index (χ1) is 8.54. The number of azo groups is 1. The molecule has 6 heteroatoms. The number of anilines is 1. The Morgan fingerprint density at radius 2 is 2.00 bits per heavy atom. The number of amides is 2. The van der Waals surface area contributed by atoms with Gasteiger partial charge in [-0.2, -0.15) is 10.2 Å². The number of fused-ring (bicyclic) bond motifs is 1. The molecule has 0 spiro atoms. The average molecular weight is 264 g/mol. The van der Waals surface area contributed by atoms with Crippen molar-refractivity contribution in [3.05, 3.63) is 29.3 Å². The monoisotopic (exact) mass is 263 g/mol. The maximum Gasteiger partial charge on any atom is 0.264 e. The predicted octanol–water partition coefficient (Wildman–Crippen LogP) is 2.05. The van der Waals surface area contributed by atoms with Crippen LogP contribution in [0.3, 0.4) is 0 Å². The van der Waals surface area contributed by atoms with Crippen molar-refractivity contribution in [1.29, 1.82) is 0 Å². The van der Waals surface area contributed by atoms with Crippen molar-refractivity contribution >= 4 is 29.1 Å². The number of rotatable bonds is 1. The third-order valence-electron chi connectivity index (χ3n) is 3.46. The highest BCUT2D eigenvalue weighted by atomic mass is 35.5. The first-order valence-electron chi connectivity index (χ1n) is 5.56. The minimum absolute atomic E-state index is 0.241. The van der Waals surface area contributed by atoms with Crippen molar-refractivity contribution in [2.75, 3.05) is 11.4 Å². The first-order valence-corrected chi connectivity index (χ1v) is 5.94. The second kappa shape index (κ2) is 3.62. The summed E-state index contributed by atoms with van der Waals surface area (Å²) in [6, 6.07) is 6.60. The molecule has 1 aromatic rings. The van der Waals surface area contributed by atoms with Gasteiger partial charge in [-0.3, -0.25) is 9.59 Å². The number of hydrogen-bond acceptors (Lipinski definition) is 4. The molecule has 5 nitrogen and oxygen atoms in total. The second-order valence-electron chi connectivity index (χ2n) is 4.58. The molecule has 0 bridgehead atoms.